The number of carbonyl (C=O) groups is 1. The molecule has 0 saturated carbocycles. The molecule has 0 radical (unpaired) electrons. The van der Waals surface area contributed by atoms with Crippen LogP contribution in [0.1, 0.15) is 19.8 Å². The molecule has 0 aromatic rings. The quantitative estimate of drug-likeness (QED) is 0.410. The zero-order valence-corrected chi connectivity index (χ0v) is 5.61. The van der Waals surface area contributed by atoms with Crippen LogP contribution in [0.15, 0.2) is 12.7 Å². The van der Waals surface area contributed by atoms with Gasteiger partial charge < -0.3 is 0 Å². The highest BCUT2D eigenvalue weighted by Crippen LogP contribution is 1.88. The summed E-state index contributed by atoms with van der Waals surface area (Å²) in [6.45, 7) is 5.10. The maximum absolute atomic E-state index is 10.5. The van der Waals surface area contributed by atoms with Crippen LogP contribution in [-0.2, 0) is 4.79 Å². The highest BCUT2D eigenvalue weighted by Gasteiger charge is 1.89. The lowest BCUT2D eigenvalue weighted by molar-refractivity contribution is -0.114. The van der Waals surface area contributed by atoms with E-state index in [1.54, 1.807) is 6.92 Å². The summed E-state index contributed by atoms with van der Waals surface area (Å²) in [5.41, 5.74) is 0. The van der Waals surface area contributed by atoms with Gasteiger partial charge in [-0.05, 0) is 13.0 Å². The Morgan fingerprint density at radius 3 is 2.89 bits per heavy atom. The van der Waals surface area contributed by atoms with Gasteiger partial charge in [0.05, 0.1) is 0 Å². The van der Waals surface area contributed by atoms with Crippen molar-refractivity contribution in [2.24, 2.45) is 0 Å². The van der Waals surface area contributed by atoms with Crippen molar-refractivity contribution in [2.45, 2.75) is 19.8 Å². The molecule has 0 heterocycles. The molecule has 1 heteroatoms. The summed E-state index contributed by atoms with van der Waals surface area (Å²) in [6, 6.07) is 0. The molecule has 0 fully saturated rings. The zero-order chi connectivity index (χ0) is 7.11. The third-order valence-electron chi connectivity index (χ3n) is 0.901. The van der Waals surface area contributed by atoms with E-state index in [1.165, 1.54) is 6.08 Å². The molecule has 0 aromatic heterocycles. The second kappa shape index (κ2) is 5.11. The van der Waals surface area contributed by atoms with Gasteiger partial charge >= 0.3 is 0 Å². The van der Waals surface area contributed by atoms with Gasteiger partial charge in [-0.15, -0.1) is 11.8 Å². The van der Waals surface area contributed by atoms with Crippen LogP contribution in [0.5, 0.6) is 0 Å². The van der Waals surface area contributed by atoms with Crippen LogP contribution < -0.4 is 0 Å². The van der Waals surface area contributed by atoms with Gasteiger partial charge in [-0.1, -0.05) is 6.58 Å². The molecule has 0 N–H and O–H groups in total. The van der Waals surface area contributed by atoms with Crippen LogP contribution in [0.3, 0.4) is 0 Å². The molecule has 0 aliphatic rings. The average molecular weight is 122 g/mol. The molecule has 0 unspecified atom stereocenters. The standard InChI is InChI=1S/C8H10O/c1-3-5-6-7-8(9)4-2/h4H,2,6-7H2,1H3. The van der Waals surface area contributed by atoms with E-state index in [0.29, 0.717) is 12.8 Å². The molecular weight excluding hydrogens is 112 g/mol. The van der Waals surface area contributed by atoms with E-state index in [0.717, 1.165) is 0 Å². The first-order valence-electron chi connectivity index (χ1n) is 2.86. The first-order chi connectivity index (χ1) is 4.31. The Balaban J connectivity index is 3.35. The molecule has 0 saturated heterocycles. The smallest absolute Gasteiger partial charge is 0.156 e. The van der Waals surface area contributed by atoms with Crippen molar-refractivity contribution in [2.75, 3.05) is 0 Å². The number of allylic oxidation sites excluding steroid dienone is 1. The van der Waals surface area contributed by atoms with Crippen molar-refractivity contribution in [3.63, 3.8) is 0 Å². The van der Waals surface area contributed by atoms with Crippen LogP contribution in [0.4, 0.5) is 0 Å². The van der Waals surface area contributed by atoms with Crippen molar-refractivity contribution in [3.8, 4) is 11.8 Å². The summed E-state index contributed by atoms with van der Waals surface area (Å²) >= 11 is 0. The lowest BCUT2D eigenvalue weighted by Crippen LogP contribution is -1.88. The molecule has 1 nitrogen and oxygen atoms in total. The molecule has 0 amide bonds. The number of carbonyl (C=O) groups excluding carboxylic acids is 1. The predicted molar refractivity (Wildman–Crippen MR) is 37.9 cm³/mol. The van der Waals surface area contributed by atoms with Crippen molar-refractivity contribution >= 4 is 5.78 Å². The maximum Gasteiger partial charge on any atom is 0.156 e. The molecule has 48 valence electrons. The Kier molecular flexibility index (Phi) is 4.53. The summed E-state index contributed by atoms with van der Waals surface area (Å²) < 4.78 is 0. The van der Waals surface area contributed by atoms with Gasteiger partial charge in [0.1, 0.15) is 0 Å². The molecule has 0 spiro atoms. The van der Waals surface area contributed by atoms with Crippen molar-refractivity contribution in [3.05, 3.63) is 12.7 Å². The fraction of sp³-hybridized carbons (Fsp3) is 0.375. The third kappa shape index (κ3) is 4.83. The Bertz CT molecular complexity index is 157. The van der Waals surface area contributed by atoms with E-state index in [1.807, 2.05) is 0 Å². The number of rotatable bonds is 3. The van der Waals surface area contributed by atoms with Gasteiger partial charge in [0.15, 0.2) is 5.78 Å². The molecule has 0 aliphatic heterocycles. The summed E-state index contributed by atoms with van der Waals surface area (Å²) in [5, 5.41) is 0. The normalized spacial score (nSPS) is 7.22. The minimum atomic E-state index is 0.0674. The number of hydrogen-bond acceptors (Lipinski definition) is 1. The lowest BCUT2D eigenvalue weighted by atomic mass is 10.2. The van der Waals surface area contributed by atoms with Crippen LogP contribution in [0.2, 0.25) is 0 Å². The first-order valence-corrected chi connectivity index (χ1v) is 2.86. The Labute approximate surface area is 55.8 Å². The fourth-order valence-corrected chi connectivity index (χ4v) is 0.413. The Hall–Kier alpha value is -1.03. The second-order valence-electron chi connectivity index (χ2n) is 1.60. The fourth-order valence-electron chi connectivity index (χ4n) is 0.413. The topological polar surface area (TPSA) is 17.1 Å². The molecule has 0 aliphatic carbocycles. The molecule has 0 aromatic carbocycles. The SMILES string of the molecule is C=CC(=O)CCC#CC. The molecule has 0 rings (SSSR count). The van der Waals surface area contributed by atoms with Crippen LogP contribution in [0.25, 0.3) is 0 Å². The van der Waals surface area contributed by atoms with E-state index in [2.05, 4.69) is 18.4 Å². The minimum absolute atomic E-state index is 0.0674. The van der Waals surface area contributed by atoms with Crippen molar-refractivity contribution in [1.29, 1.82) is 0 Å². The van der Waals surface area contributed by atoms with Gasteiger partial charge in [-0.2, -0.15) is 0 Å². The van der Waals surface area contributed by atoms with Crippen LogP contribution in [0, 0.1) is 11.8 Å². The summed E-state index contributed by atoms with van der Waals surface area (Å²) in [5.74, 6) is 5.57. The minimum Gasteiger partial charge on any atom is -0.295 e. The molecule has 0 bridgehead atoms. The summed E-state index contributed by atoms with van der Waals surface area (Å²) in [4.78, 5) is 10.5. The summed E-state index contributed by atoms with van der Waals surface area (Å²) in [6.07, 6.45) is 2.49. The van der Waals surface area contributed by atoms with Crippen molar-refractivity contribution in [1.82, 2.24) is 0 Å². The van der Waals surface area contributed by atoms with Crippen LogP contribution >= 0.6 is 0 Å². The van der Waals surface area contributed by atoms with Crippen LogP contribution in [-0.4, -0.2) is 5.78 Å². The Morgan fingerprint density at radius 2 is 2.44 bits per heavy atom. The highest BCUT2D eigenvalue weighted by atomic mass is 16.1. The van der Waals surface area contributed by atoms with E-state index in [9.17, 15) is 4.79 Å². The monoisotopic (exact) mass is 122 g/mol. The summed E-state index contributed by atoms with van der Waals surface area (Å²) in [7, 11) is 0. The van der Waals surface area contributed by atoms with E-state index in [4.69, 9.17) is 0 Å². The van der Waals surface area contributed by atoms with Gasteiger partial charge in [-0.25, -0.2) is 0 Å². The van der Waals surface area contributed by atoms with Gasteiger partial charge in [-0.3, -0.25) is 4.79 Å². The van der Waals surface area contributed by atoms with E-state index in [-0.39, 0.29) is 5.78 Å². The van der Waals surface area contributed by atoms with E-state index < -0.39 is 0 Å². The zero-order valence-electron chi connectivity index (χ0n) is 5.61. The first kappa shape index (κ1) is 7.97. The number of hydrogen-bond donors (Lipinski definition) is 0. The maximum atomic E-state index is 10.5. The van der Waals surface area contributed by atoms with E-state index >= 15 is 0 Å². The number of ketones is 1. The predicted octanol–water partition coefficient (Wildman–Crippen LogP) is 1.54. The van der Waals surface area contributed by atoms with Crippen molar-refractivity contribution < 1.29 is 4.79 Å². The largest absolute Gasteiger partial charge is 0.295 e. The highest BCUT2D eigenvalue weighted by molar-refractivity contribution is 5.89. The molecule has 0 atom stereocenters. The third-order valence-corrected chi connectivity index (χ3v) is 0.901. The second-order valence-corrected chi connectivity index (χ2v) is 1.60. The van der Waals surface area contributed by atoms with Gasteiger partial charge in [0.2, 0.25) is 0 Å². The molecule has 9 heavy (non-hydrogen) atoms. The Morgan fingerprint density at radius 1 is 1.78 bits per heavy atom. The molecular formula is C8H10O. The lowest BCUT2D eigenvalue weighted by Gasteiger charge is -1.83. The van der Waals surface area contributed by atoms with Gasteiger partial charge in [0, 0.05) is 12.8 Å². The average Bonchev–Trinajstić information content (AvgIpc) is 1.89. The van der Waals surface area contributed by atoms with Gasteiger partial charge in [0.25, 0.3) is 0 Å².